The van der Waals surface area contributed by atoms with E-state index in [-0.39, 0.29) is 6.61 Å². The van der Waals surface area contributed by atoms with Gasteiger partial charge in [-0.1, -0.05) is 0 Å². The molecule has 1 aromatic rings. The Balaban J connectivity index is 1.84. The van der Waals surface area contributed by atoms with Crippen molar-refractivity contribution in [2.75, 3.05) is 32.9 Å². The zero-order valence-electron chi connectivity index (χ0n) is 10.0. The average molecular weight is 268 g/mol. The van der Waals surface area contributed by atoms with Gasteiger partial charge < -0.3 is 15.2 Å². The van der Waals surface area contributed by atoms with E-state index in [0.29, 0.717) is 5.75 Å². The molecule has 5 nitrogen and oxygen atoms in total. The third kappa shape index (κ3) is 4.21. The lowest BCUT2D eigenvalue weighted by Crippen LogP contribution is -2.30. The van der Waals surface area contributed by atoms with Crippen LogP contribution in [0.5, 0.6) is 5.75 Å². The van der Waals surface area contributed by atoms with E-state index < -0.39 is 5.91 Å². The molecule has 2 rings (SSSR count). The van der Waals surface area contributed by atoms with E-state index in [0.717, 1.165) is 31.2 Å². The van der Waals surface area contributed by atoms with Crippen molar-refractivity contribution in [1.29, 1.82) is 0 Å². The second kappa shape index (κ2) is 6.63. The van der Waals surface area contributed by atoms with Crippen LogP contribution in [0.15, 0.2) is 29.2 Å². The van der Waals surface area contributed by atoms with Gasteiger partial charge >= 0.3 is 0 Å². The molecular weight excluding hydrogens is 252 g/mol. The molecule has 0 atom stereocenters. The standard InChI is InChI=1S/C12H16N2O3S/c13-12(15)9-17-10-1-3-11(4-2-10)18-14-5-7-16-8-6-14/h1-4H,5-9H2,(H2,13,15). The van der Waals surface area contributed by atoms with Crippen molar-refractivity contribution in [2.45, 2.75) is 4.90 Å². The van der Waals surface area contributed by atoms with Gasteiger partial charge in [0.25, 0.3) is 5.91 Å². The van der Waals surface area contributed by atoms with Gasteiger partial charge in [-0.15, -0.1) is 0 Å². The summed E-state index contributed by atoms with van der Waals surface area (Å²) in [7, 11) is 0. The van der Waals surface area contributed by atoms with E-state index >= 15 is 0 Å². The second-order valence-electron chi connectivity index (χ2n) is 3.86. The van der Waals surface area contributed by atoms with Crippen molar-refractivity contribution in [3.63, 3.8) is 0 Å². The first-order valence-electron chi connectivity index (χ1n) is 5.76. The predicted octanol–water partition coefficient (Wildman–Crippen LogP) is 0.890. The number of carbonyl (C=O) groups is 1. The highest BCUT2D eigenvalue weighted by Gasteiger charge is 2.11. The molecule has 2 N–H and O–H groups in total. The minimum absolute atomic E-state index is 0.0873. The number of amides is 1. The van der Waals surface area contributed by atoms with Crippen molar-refractivity contribution in [3.8, 4) is 5.75 Å². The van der Waals surface area contributed by atoms with Crippen LogP contribution in [0.4, 0.5) is 0 Å². The number of morpholine rings is 1. The summed E-state index contributed by atoms with van der Waals surface area (Å²) in [5.74, 6) is 0.182. The van der Waals surface area contributed by atoms with Crippen LogP contribution >= 0.6 is 11.9 Å². The van der Waals surface area contributed by atoms with Crippen LogP contribution in [-0.2, 0) is 9.53 Å². The lowest BCUT2D eigenvalue weighted by Gasteiger charge is -2.25. The zero-order chi connectivity index (χ0) is 12.8. The number of rotatable bonds is 5. The molecule has 1 aromatic carbocycles. The molecule has 1 fully saturated rings. The Bertz CT molecular complexity index is 391. The molecule has 0 radical (unpaired) electrons. The maximum atomic E-state index is 10.6. The maximum Gasteiger partial charge on any atom is 0.255 e. The third-order valence-corrected chi connectivity index (χ3v) is 3.52. The maximum absolute atomic E-state index is 10.6. The highest BCUT2D eigenvalue weighted by atomic mass is 32.2. The molecule has 6 heteroatoms. The van der Waals surface area contributed by atoms with E-state index in [1.54, 1.807) is 11.9 Å². The van der Waals surface area contributed by atoms with Gasteiger partial charge in [0.15, 0.2) is 6.61 Å². The molecule has 0 aromatic heterocycles. The minimum Gasteiger partial charge on any atom is -0.484 e. The van der Waals surface area contributed by atoms with Crippen LogP contribution in [0, 0.1) is 0 Å². The summed E-state index contributed by atoms with van der Waals surface area (Å²) in [4.78, 5) is 11.7. The van der Waals surface area contributed by atoms with Crippen LogP contribution in [0.1, 0.15) is 0 Å². The van der Waals surface area contributed by atoms with E-state index in [9.17, 15) is 4.79 Å². The lowest BCUT2D eigenvalue weighted by atomic mass is 10.3. The number of hydrogen-bond acceptors (Lipinski definition) is 5. The third-order valence-electron chi connectivity index (χ3n) is 2.41. The summed E-state index contributed by atoms with van der Waals surface area (Å²) in [5, 5.41) is 0. The summed E-state index contributed by atoms with van der Waals surface area (Å²) in [6.45, 7) is 3.35. The largest absolute Gasteiger partial charge is 0.484 e. The Kier molecular flexibility index (Phi) is 4.86. The number of hydrogen-bond donors (Lipinski definition) is 1. The fraction of sp³-hybridized carbons (Fsp3) is 0.417. The predicted molar refractivity (Wildman–Crippen MR) is 69.4 cm³/mol. The zero-order valence-corrected chi connectivity index (χ0v) is 10.8. The quantitative estimate of drug-likeness (QED) is 0.803. The molecule has 0 saturated carbocycles. The molecule has 0 unspecified atom stereocenters. The van der Waals surface area contributed by atoms with Gasteiger partial charge in [-0.3, -0.25) is 4.79 Å². The highest BCUT2D eigenvalue weighted by Crippen LogP contribution is 2.25. The van der Waals surface area contributed by atoms with Crippen molar-refractivity contribution >= 4 is 17.9 Å². The topological polar surface area (TPSA) is 64.8 Å². The Morgan fingerprint density at radius 1 is 1.33 bits per heavy atom. The van der Waals surface area contributed by atoms with Crippen LogP contribution in [-0.4, -0.2) is 43.1 Å². The van der Waals surface area contributed by atoms with Crippen LogP contribution in [0.3, 0.4) is 0 Å². The first-order chi connectivity index (χ1) is 8.74. The van der Waals surface area contributed by atoms with E-state index in [1.807, 2.05) is 24.3 Å². The number of benzene rings is 1. The average Bonchev–Trinajstić information content (AvgIpc) is 2.39. The SMILES string of the molecule is NC(=O)COc1ccc(SN2CCOCC2)cc1. The summed E-state index contributed by atoms with van der Waals surface area (Å²) in [6, 6.07) is 7.62. The molecule has 1 saturated heterocycles. The number of ether oxygens (including phenoxy) is 2. The minimum atomic E-state index is -0.471. The smallest absolute Gasteiger partial charge is 0.255 e. The normalized spacial score (nSPS) is 16.4. The van der Waals surface area contributed by atoms with Crippen molar-refractivity contribution in [1.82, 2.24) is 4.31 Å². The summed E-state index contributed by atoms with van der Waals surface area (Å²) < 4.78 is 12.8. The van der Waals surface area contributed by atoms with Gasteiger partial charge in [0.2, 0.25) is 0 Å². The molecule has 98 valence electrons. The molecule has 1 amide bonds. The van der Waals surface area contributed by atoms with Gasteiger partial charge in [0, 0.05) is 18.0 Å². The Labute approximate surface area is 110 Å². The van der Waals surface area contributed by atoms with Crippen molar-refractivity contribution < 1.29 is 14.3 Å². The highest BCUT2D eigenvalue weighted by molar-refractivity contribution is 7.97. The summed E-state index contributed by atoms with van der Waals surface area (Å²) in [6.07, 6.45) is 0. The molecule has 0 bridgehead atoms. The fourth-order valence-corrected chi connectivity index (χ4v) is 2.43. The first kappa shape index (κ1) is 13.2. The molecule has 0 spiro atoms. The summed E-state index contributed by atoms with van der Waals surface area (Å²) >= 11 is 1.70. The molecule has 1 aliphatic rings. The fourth-order valence-electron chi connectivity index (χ4n) is 1.54. The number of primary amides is 1. The van der Waals surface area contributed by atoms with Crippen molar-refractivity contribution in [3.05, 3.63) is 24.3 Å². The summed E-state index contributed by atoms with van der Waals surface area (Å²) in [5.41, 5.74) is 5.01. The second-order valence-corrected chi connectivity index (χ2v) is 5.03. The van der Waals surface area contributed by atoms with Gasteiger partial charge in [-0.2, -0.15) is 0 Å². The van der Waals surface area contributed by atoms with E-state index in [1.165, 1.54) is 0 Å². The van der Waals surface area contributed by atoms with Crippen molar-refractivity contribution in [2.24, 2.45) is 5.73 Å². The Hall–Kier alpha value is -1.24. The van der Waals surface area contributed by atoms with E-state index in [2.05, 4.69) is 4.31 Å². The monoisotopic (exact) mass is 268 g/mol. The lowest BCUT2D eigenvalue weighted by molar-refractivity contribution is -0.119. The number of nitrogens with two attached hydrogens (primary N) is 1. The van der Waals surface area contributed by atoms with Gasteiger partial charge in [-0.25, -0.2) is 4.31 Å². The van der Waals surface area contributed by atoms with Crippen LogP contribution < -0.4 is 10.5 Å². The Morgan fingerprint density at radius 2 is 2.00 bits per heavy atom. The molecule has 0 aliphatic carbocycles. The first-order valence-corrected chi connectivity index (χ1v) is 6.53. The number of nitrogens with zero attached hydrogens (tertiary/aromatic N) is 1. The van der Waals surface area contributed by atoms with Gasteiger partial charge in [0.05, 0.1) is 13.2 Å². The number of carbonyl (C=O) groups excluding carboxylic acids is 1. The van der Waals surface area contributed by atoms with Gasteiger partial charge in [-0.05, 0) is 36.2 Å². The molecule has 1 heterocycles. The van der Waals surface area contributed by atoms with Gasteiger partial charge in [0.1, 0.15) is 5.75 Å². The molecular formula is C12H16N2O3S. The van der Waals surface area contributed by atoms with Crippen LogP contribution in [0.25, 0.3) is 0 Å². The van der Waals surface area contributed by atoms with E-state index in [4.69, 9.17) is 15.2 Å². The Morgan fingerprint density at radius 3 is 2.61 bits per heavy atom. The molecule has 1 aliphatic heterocycles. The van der Waals surface area contributed by atoms with Crippen LogP contribution in [0.2, 0.25) is 0 Å². The molecule has 18 heavy (non-hydrogen) atoms.